The van der Waals surface area contributed by atoms with Crippen LogP contribution in [-0.4, -0.2) is 52.1 Å². The minimum absolute atomic E-state index is 0.00839. The number of rotatable bonds is 8. The number of aliphatic hydroxyl groups excluding tert-OH is 1. The smallest absolute Gasteiger partial charge is 0.189 e. The van der Waals surface area contributed by atoms with Crippen molar-refractivity contribution in [3.8, 4) is 0 Å². The first-order valence-corrected chi connectivity index (χ1v) is 13.8. The van der Waals surface area contributed by atoms with E-state index in [0.717, 1.165) is 0 Å². The normalized spacial score (nSPS) is 26.1. The molecule has 0 aliphatic carbocycles. The first kappa shape index (κ1) is 30.2. The zero-order valence-corrected chi connectivity index (χ0v) is 24.5. The first-order chi connectivity index (χ1) is 17.9. The second kappa shape index (κ2) is 12.0. The lowest BCUT2D eigenvalue weighted by Crippen LogP contribution is -2.64. The highest BCUT2D eigenvalue weighted by molar-refractivity contribution is 6.36. The van der Waals surface area contributed by atoms with Gasteiger partial charge in [-0.3, -0.25) is 0 Å². The molecule has 0 spiro atoms. The van der Waals surface area contributed by atoms with Gasteiger partial charge >= 0.3 is 0 Å². The lowest BCUT2D eigenvalue weighted by molar-refractivity contribution is -0.206. The Labute approximate surface area is 250 Å². The molecule has 1 fully saturated rings. The quantitative estimate of drug-likeness (QED) is 0.252. The molecule has 0 aromatic heterocycles. The minimum Gasteiger partial charge on any atom is -0.390 e. The Kier molecular flexibility index (Phi) is 9.51. The maximum Gasteiger partial charge on any atom is 0.189 e. The monoisotopic (exact) mass is 638 g/mol. The van der Waals surface area contributed by atoms with Crippen molar-refractivity contribution in [1.82, 2.24) is 0 Å². The highest BCUT2D eigenvalue weighted by atomic mass is 35.5. The van der Waals surface area contributed by atoms with Crippen LogP contribution in [0.4, 0.5) is 0 Å². The predicted octanol–water partition coefficient (Wildman–Crippen LogP) is 6.83. The van der Waals surface area contributed by atoms with Crippen LogP contribution in [0.15, 0.2) is 54.6 Å². The standard InChI is InChI=1S/C27H24Cl6O5/c1-37-25-27(36,13-16-4-7-19(30)11-22(16)33)26(35,12-15-3-6-18(29)10-21(15)32)24(38-25)23(34)8-14-2-5-17(28)9-20(14)31/h2-7,9-11,23-25,34-36H,8,12-13H2,1H3/t23?,24-,25+,26-,27+/m1/s1. The van der Waals surface area contributed by atoms with E-state index in [0.29, 0.717) is 36.8 Å². The van der Waals surface area contributed by atoms with Crippen molar-refractivity contribution >= 4 is 69.6 Å². The van der Waals surface area contributed by atoms with E-state index in [-0.39, 0.29) is 29.3 Å². The molecule has 204 valence electrons. The molecule has 3 N–H and O–H groups in total. The second-order valence-electron chi connectivity index (χ2n) is 9.31. The molecule has 38 heavy (non-hydrogen) atoms. The van der Waals surface area contributed by atoms with Gasteiger partial charge in [-0.05, 0) is 53.1 Å². The highest BCUT2D eigenvalue weighted by Gasteiger charge is 2.67. The van der Waals surface area contributed by atoms with Gasteiger partial charge in [0.25, 0.3) is 0 Å². The number of hydrogen-bond acceptors (Lipinski definition) is 5. The molecule has 3 aromatic rings. The van der Waals surface area contributed by atoms with E-state index < -0.39 is 29.7 Å². The van der Waals surface area contributed by atoms with Gasteiger partial charge in [-0.2, -0.15) is 0 Å². The van der Waals surface area contributed by atoms with Gasteiger partial charge in [0.2, 0.25) is 0 Å². The number of aliphatic hydroxyl groups is 3. The number of halogens is 6. The van der Waals surface area contributed by atoms with Crippen molar-refractivity contribution in [3.05, 3.63) is 101 Å². The van der Waals surface area contributed by atoms with Crippen molar-refractivity contribution in [2.45, 2.75) is 49.0 Å². The van der Waals surface area contributed by atoms with Crippen molar-refractivity contribution in [2.24, 2.45) is 0 Å². The predicted molar refractivity (Wildman–Crippen MR) is 152 cm³/mol. The summed E-state index contributed by atoms with van der Waals surface area (Å²) in [5.41, 5.74) is -2.67. The third-order valence-corrected chi connectivity index (χ3v) is 8.60. The first-order valence-electron chi connectivity index (χ1n) is 11.5. The SMILES string of the molecule is CO[C@H]1O[C@H](C(O)Cc2ccc(Cl)cc2Cl)[C@](O)(Cc2ccc(Cl)cc2Cl)[C@]1(O)Cc1ccc(Cl)cc1Cl. The van der Waals surface area contributed by atoms with Gasteiger partial charge in [0, 0.05) is 56.5 Å². The van der Waals surface area contributed by atoms with Crippen LogP contribution in [0.5, 0.6) is 0 Å². The summed E-state index contributed by atoms with van der Waals surface area (Å²) in [7, 11) is 1.33. The maximum atomic E-state index is 12.4. The molecule has 5 atom stereocenters. The number of hydrogen-bond donors (Lipinski definition) is 3. The van der Waals surface area contributed by atoms with Gasteiger partial charge in [-0.25, -0.2) is 0 Å². The Hall–Kier alpha value is -0.800. The van der Waals surface area contributed by atoms with Crippen molar-refractivity contribution in [2.75, 3.05) is 7.11 Å². The van der Waals surface area contributed by atoms with Crippen LogP contribution in [0.1, 0.15) is 16.7 Å². The Morgan fingerprint density at radius 2 is 1.16 bits per heavy atom. The molecule has 0 amide bonds. The summed E-state index contributed by atoms with van der Waals surface area (Å²) in [5, 5.41) is 38.1. The van der Waals surface area contributed by atoms with E-state index >= 15 is 0 Å². The minimum atomic E-state index is -2.12. The van der Waals surface area contributed by atoms with E-state index in [1.807, 2.05) is 0 Å². The van der Waals surface area contributed by atoms with Crippen LogP contribution >= 0.6 is 69.6 Å². The Morgan fingerprint density at radius 1 is 0.737 bits per heavy atom. The average molecular weight is 641 g/mol. The lowest BCUT2D eigenvalue weighted by Gasteiger charge is -2.42. The van der Waals surface area contributed by atoms with Crippen LogP contribution < -0.4 is 0 Å². The fourth-order valence-corrected chi connectivity index (χ4v) is 6.32. The summed E-state index contributed by atoms with van der Waals surface area (Å²) in [6.45, 7) is 0. The van der Waals surface area contributed by atoms with Gasteiger partial charge in [-0.15, -0.1) is 0 Å². The number of ether oxygens (including phenoxy) is 2. The fourth-order valence-electron chi connectivity index (χ4n) is 4.89. The summed E-state index contributed by atoms with van der Waals surface area (Å²) >= 11 is 37.4. The van der Waals surface area contributed by atoms with Gasteiger partial charge < -0.3 is 24.8 Å². The average Bonchev–Trinajstić information content (AvgIpc) is 3.06. The van der Waals surface area contributed by atoms with E-state index in [1.54, 1.807) is 42.5 Å². The molecule has 3 aromatic carbocycles. The third-order valence-electron chi connectivity index (χ3n) is 6.84. The van der Waals surface area contributed by atoms with Crippen molar-refractivity contribution in [3.63, 3.8) is 0 Å². The summed E-state index contributed by atoms with van der Waals surface area (Å²) < 4.78 is 11.5. The van der Waals surface area contributed by atoms with Crippen LogP contribution in [0, 0.1) is 0 Å². The summed E-state index contributed by atoms with van der Waals surface area (Å²) in [4.78, 5) is 0. The van der Waals surface area contributed by atoms with E-state index in [9.17, 15) is 15.3 Å². The Morgan fingerprint density at radius 3 is 1.58 bits per heavy atom. The van der Waals surface area contributed by atoms with Crippen LogP contribution in [0.25, 0.3) is 0 Å². The van der Waals surface area contributed by atoms with Crippen LogP contribution in [-0.2, 0) is 28.7 Å². The molecule has 11 heteroatoms. The van der Waals surface area contributed by atoms with Gasteiger partial charge in [-0.1, -0.05) is 87.8 Å². The molecule has 1 unspecified atom stereocenters. The van der Waals surface area contributed by atoms with Crippen molar-refractivity contribution < 1.29 is 24.8 Å². The fraction of sp³-hybridized carbons (Fsp3) is 0.333. The van der Waals surface area contributed by atoms with E-state index in [4.69, 9.17) is 79.1 Å². The maximum absolute atomic E-state index is 12.4. The summed E-state index contributed by atoms with van der Waals surface area (Å²) in [6, 6.07) is 14.4. The topological polar surface area (TPSA) is 79.2 Å². The Balaban J connectivity index is 1.79. The summed E-state index contributed by atoms with van der Waals surface area (Å²) in [6.07, 6.45) is -4.40. The molecule has 4 rings (SSSR count). The molecule has 0 radical (unpaired) electrons. The zero-order valence-electron chi connectivity index (χ0n) is 20.0. The molecular formula is C27H24Cl6O5. The van der Waals surface area contributed by atoms with Crippen LogP contribution in [0.2, 0.25) is 30.1 Å². The zero-order chi connectivity index (χ0) is 27.8. The van der Waals surface area contributed by atoms with E-state index in [2.05, 4.69) is 0 Å². The van der Waals surface area contributed by atoms with Crippen molar-refractivity contribution in [1.29, 1.82) is 0 Å². The van der Waals surface area contributed by atoms with Gasteiger partial charge in [0.1, 0.15) is 11.7 Å². The molecular weight excluding hydrogens is 617 g/mol. The molecule has 1 aliphatic heterocycles. The molecule has 1 aliphatic rings. The van der Waals surface area contributed by atoms with Gasteiger partial charge in [0.15, 0.2) is 11.9 Å². The largest absolute Gasteiger partial charge is 0.390 e. The lowest BCUT2D eigenvalue weighted by atomic mass is 9.71. The third kappa shape index (κ3) is 5.95. The molecule has 5 nitrogen and oxygen atoms in total. The number of methoxy groups -OCH3 is 1. The Bertz CT molecular complexity index is 1320. The molecule has 0 bridgehead atoms. The highest BCUT2D eigenvalue weighted by Crippen LogP contribution is 2.47. The summed E-state index contributed by atoms with van der Waals surface area (Å²) in [5.74, 6) is 0. The number of benzene rings is 3. The second-order valence-corrected chi connectivity index (χ2v) is 11.8. The molecule has 1 saturated heterocycles. The van der Waals surface area contributed by atoms with E-state index in [1.165, 1.54) is 19.2 Å². The van der Waals surface area contributed by atoms with Gasteiger partial charge in [0.05, 0.1) is 6.10 Å². The van der Waals surface area contributed by atoms with Crippen LogP contribution in [0.3, 0.4) is 0 Å². The molecule has 1 heterocycles. The molecule has 0 saturated carbocycles.